The molecular formula is C13H14ClN3O3. The molecule has 0 radical (unpaired) electrons. The molecule has 1 N–H and O–H groups in total. The Morgan fingerprint density at radius 2 is 2.25 bits per heavy atom. The van der Waals surface area contributed by atoms with Gasteiger partial charge in [-0.05, 0) is 12.5 Å². The van der Waals surface area contributed by atoms with Gasteiger partial charge in [-0.2, -0.15) is 0 Å². The molecule has 106 valence electrons. The Morgan fingerprint density at radius 1 is 1.50 bits per heavy atom. The van der Waals surface area contributed by atoms with E-state index < -0.39 is 5.97 Å². The number of rotatable bonds is 5. The third-order valence-electron chi connectivity index (χ3n) is 2.84. The highest BCUT2D eigenvalue weighted by molar-refractivity contribution is 6.30. The van der Waals surface area contributed by atoms with Gasteiger partial charge in [-0.15, -0.1) is 0 Å². The molecule has 2 heterocycles. The zero-order chi connectivity index (χ0) is 14.7. The molecule has 0 aliphatic heterocycles. The van der Waals surface area contributed by atoms with Crippen molar-refractivity contribution in [3.05, 3.63) is 33.3 Å². The monoisotopic (exact) mass is 295 g/mol. The molecule has 0 saturated heterocycles. The lowest BCUT2D eigenvalue weighted by Gasteiger charge is -2.10. The topological polar surface area (TPSA) is 85.1 Å². The number of nitrogens with zero attached hydrogens (tertiary/aromatic N) is 3. The number of hydrogen-bond acceptors (Lipinski definition) is 4. The highest BCUT2D eigenvalue weighted by Crippen LogP contribution is 2.14. The minimum Gasteiger partial charge on any atom is -0.481 e. The van der Waals surface area contributed by atoms with Crippen molar-refractivity contribution in [3.63, 3.8) is 0 Å². The quantitative estimate of drug-likeness (QED) is 0.910. The highest BCUT2D eigenvalue weighted by atomic mass is 35.5. The summed E-state index contributed by atoms with van der Waals surface area (Å²) in [6.45, 7) is 2.46. The van der Waals surface area contributed by atoms with Crippen molar-refractivity contribution in [2.24, 2.45) is 0 Å². The van der Waals surface area contributed by atoms with Gasteiger partial charge >= 0.3 is 5.97 Å². The number of carbonyl (C=O) groups is 1. The fourth-order valence-electron chi connectivity index (χ4n) is 1.98. The number of pyridine rings is 1. The highest BCUT2D eigenvalue weighted by Gasteiger charge is 2.13. The fraction of sp³-hybridized carbons (Fsp3) is 0.385. The van der Waals surface area contributed by atoms with E-state index in [4.69, 9.17) is 16.7 Å². The van der Waals surface area contributed by atoms with Gasteiger partial charge in [0.2, 0.25) is 0 Å². The Kier molecular flexibility index (Phi) is 4.34. The molecule has 0 aliphatic carbocycles. The molecule has 0 fully saturated rings. The van der Waals surface area contributed by atoms with Crippen LogP contribution in [0, 0.1) is 0 Å². The van der Waals surface area contributed by atoms with Crippen LogP contribution in [-0.4, -0.2) is 25.6 Å². The second-order valence-corrected chi connectivity index (χ2v) is 4.84. The summed E-state index contributed by atoms with van der Waals surface area (Å²) in [7, 11) is 0. The summed E-state index contributed by atoms with van der Waals surface area (Å²) in [4.78, 5) is 31.3. The first kappa shape index (κ1) is 14.5. The summed E-state index contributed by atoms with van der Waals surface area (Å²) in [5.41, 5.74) is 0.930. The van der Waals surface area contributed by atoms with Crippen LogP contribution in [0.2, 0.25) is 5.02 Å². The van der Waals surface area contributed by atoms with Crippen LogP contribution in [0.5, 0.6) is 0 Å². The molecule has 0 unspecified atom stereocenters. The Morgan fingerprint density at radius 3 is 2.90 bits per heavy atom. The number of aliphatic carboxylic acids is 1. The van der Waals surface area contributed by atoms with Gasteiger partial charge in [-0.25, -0.2) is 9.97 Å². The number of aromatic nitrogens is 3. The molecule has 2 aromatic rings. The summed E-state index contributed by atoms with van der Waals surface area (Å²) in [6, 6.07) is 1.62. The average molecular weight is 296 g/mol. The van der Waals surface area contributed by atoms with Gasteiger partial charge in [-0.3, -0.25) is 14.2 Å². The Balaban J connectivity index is 2.60. The minimum atomic E-state index is -0.961. The molecule has 0 saturated carbocycles. The first-order valence-corrected chi connectivity index (χ1v) is 6.67. The van der Waals surface area contributed by atoms with Crippen molar-refractivity contribution in [2.45, 2.75) is 32.7 Å². The normalized spacial score (nSPS) is 10.9. The first-order valence-electron chi connectivity index (χ1n) is 6.29. The van der Waals surface area contributed by atoms with Crippen LogP contribution in [-0.2, 0) is 17.8 Å². The van der Waals surface area contributed by atoms with Crippen LogP contribution in [0.1, 0.15) is 25.5 Å². The summed E-state index contributed by atoms with van der Waals surface area (Å²) in [5.74, 6) is -0.961. The maximum absolute atomic E-state index is 12.3. The van der Waals surface area contributed by atoms with Crippen molar-refractivity contribution < 1.29 is 9.90 Å². The molecular weight excluding hydrogens is 282 g/mol. The number of aryl methyl sites for hydroxylation is 2. The maximum Gasteiger partial charge on any atom is 0.303 e. The largest absolute Gasteiger partial charge is 0.481 e. The van der Waals surface area contributed by atoms with E-state index in [1.807, 2.05) is 6.92 Å². The van der Waals surface area contributed by atoms with Crippen molar-refractivity contribution in [2.75, 3.05) is 0 Å². The lowest BCUT2D eigenvalue weighted by atomic mass is 10.2. The van der Waals surface area contributed by atoms with Gasteiger partial charge in [0.1, 0.15) is 11.2 Å². The van der Waals surface area contributed by atoms with E-state index in [1.54, 1.807) is 6.07 Å². The predicted molar refractivity (Wildman–Crippen MR) is 75.1 cm³/mol. The Hall–Kier alpha value is -1.95. The lowest BCUT2D eigenvalue weighted by molar-refractivity contribution is -0.136. The predicted octanol–water partition coefficient (Wildman–Crippen LogP) is 1.87. The molecule has 6 nitrogen and oxygen atoms in total. The zero-order valence-electron chi connectivity index (χ0n) is 11.0. The van der Waals surface area contributed by atoms with Crippen LogP contribution >= 0.6 is 11.6 Å². The molecule has 2 aromatic heterocycles. The van der Waals surface area contributed by atoms with Crippen molar-refractivity contribution in [3.8, 4) is 0 Å². The number of carboxylic acid groups (broad SMARTS) is 1. The van der Waals surface area contributed by atoms with Crippen LogP contribution in [0.4, 0.5) is 0 Å². The SMILES string of the molecule is CCCn1c(=O)c(CCC(=O)O)nc2cc(Cl)cnc21. The van der Waals surface area contributed by atoms with Crippen LogP contribution < -0.4 is 5.56 Å². The molecule has 2 rings (SSSR count). The third kappa shape index (κ3) is 2.96. The average Bonchev–Trinajstić information content (AvgIpc) is 2.40. The van der Waals surface area contributed by atoms with Crippen molar-refractivity contribution in [1.29, 1.82) is 0 Å². The van der Waals surface area contributed by atoms with Gasteiger partial charge in [0.15, 0.2) is 5.65 Å². The lowest BCUT2D eigenvalue weighted by Crippen LogP contribution is -2.27. The van der Waals surface area contributed by atoms with Gasteiger partial charge in [-0.1, -0.05) is 18.5 Å². The van der Waals surface area contributed by atoms with Crippen molar-refractivity contribution >= 4 is 28.7 Å². The minimum absolute atomic E-state index is 0.0976. The smallest absolute Gasteiger partial charge is 0.303 e. The summed E-state index contributed by atoms with van der Waals surface area (Å²) >= 11 is 5.88. The second kappa shape index (κ2) is 6.00. The zero-order valence-corrected chi connectivity index (χ0v) is 11.7. The number of hydrogen-bond donors (Lipinski definition) is 1. The molecule has 20 heavy (non-hydrogen) atoms. The second-order valence-electron chi connectivity index (χ2n) is 4.41. The Labute approximate surface area is 120 Å². The Bertz CT molecular complexity index is 712. The van der Waals surface area contributed by atoms with Crippen LogP contribution in [0.3, 0.4) is 0 Å². The molecule has 7 heteroatoms. The van der Waals surface area contributed by atoms with E-state index in [9.17, 15) is 9.59 Å². The standard InChI is InChI=1S/C13H14ClN3O3/c1-2-5-17-12-10(6-8(14)7-15-12)16-9(13(17)20)3-4-11(18)19/h6-7H,2-5H2,1H3,(H,18,19). The first-order chi connectivity index (χ1) is 9.52. The van der Waals surface area contributed by atoms with E-state index in [2.05, 4.69) is 9.97 Å². The van der Waals surface area contributed by atoms with E-state index in [0.717, 1.165) is 6.42 Å². The van der Waals surface area contributed by atoms with Gasteiger partial charge in [0, 0.05) is 19.2 Å². The summed E-state index contributed by atoms with van der Waals surface area (Å²) in [5, 5.41) is 9.15. The number of carboxylic acids is 1. The molecule has 0 spiro atoms. The molecule has 0 atom stereocenters. The van der Waals surface area contributed by atoms with Crippen LogP contribution in [0.15, 0.2) is 17.1 Å². The van der Waals surface area contributed by atoms with Gasteiger partial charge in [0.05, 0.1) is 11.4 Å². The van der Waals surface area contributed by atoms with E-state index in [1.165, 1.54) is 10.8 Å². The summed E-state index contributed by atoms with van der Waals surface area (Å²) < 4.78 is 1.52. The molecule has 0 aromatic carbocycles. The van der Waals surface area contributed by atoms with Crippen molar-refractivity contribution in [1.82, 2.24) is 14.5 Å². The molecule has 0 aliphatic rings. The van der Waals surface area contributed by atoms with E-state index in [0.29, 0.717) is 22.7 Å². The third-order valence-corrected chi connectivity index (χ3v) is 3.05. The van der Waals surface area contributed by atoms with Gasteiger partial charge in [0.25, 0.3) is 5.56 Å². The summed E-state index contributed by atoms with van der Waals surface area (Å²) in [6.07, 6.45) is 2.20. The molecule has 0 amide bonds. The number of halogens is 1. The van der Waals surface area contributed by atoms with E-state index in [-0.39, 0.29) is 24.1 Å². The van der Waals surface area contributed by atoms with Gasteiger partial charge < -0.3 is 5.11 Å². The molecule has 0 bridgehead atoms. The van der Waals surface area contributed by atoms with E-state index >= 15 is 0 Å². The maximum atomic E-state index is 12.3. The fourth-order valence-corrected chi connectivity index (χ4v) is 2.13. The van der Waals surface area contributed by atoms with Crippen LogP contribution in [0.25, 0.3) is 11.2 Å². The number of fused-ring (bicyclic) bond motifs is 1.